The first-order chi connectivity index (χ1) is 16.6. The van der Waals surface area contributed by atoms with Crippen LogP contribution in [-0.2, 0) is 6.42 Å². The number of anilines is 1. The number of benzene rings is 2. The maximum atomic E-state index is 12.3. The molecule has 1 saturated heterocycles. The number of pyridine rings is 1. The van der Waals surface area contributed by atoms with Crippen LogP contribution in [0.4, 0.5) is 10.5 Å². The van der Waals surface area contributed by atoms with E-state index < -0.39 is 5.60 Å². The summed E-state index contributed by atoms with van der Waals surface area (Å²) in [5.41, 5.74) is 3.10. The summed E-state index contributed by atoms with van der Waals surface area (Å²) in [6.45, 7) is 2.97. The Bertz CT molecular complexity index is 1080. The maximum Gasteiger partial charge on any atom is 0.319 e. The number of amides is 2. The SMILES string of the molecule is O=C(NCCN1CCC(O)(Cc2ccccc2)CC1)Nc1ccnc(C=Cc2ccccc2)c1. The average Bonchev–Trinajstić information content (AvgIpc) is 2.85. The predicted octanol–water partition coefficient (Wildman–Crippen LogP) is 4.44. The molecule has 1 aliphatic rings. The van der Waals surface area contributed by atoms with Crippen LogP contribution in [0.5, 0.6) is 0 Å². The molecule has 1 aromatic heterocycles. The van der Waals surface area contributed by atoms with Gasteiger partial charge in [0.25, 0.3) is 0 Å². The summed E-state index contributed by atoms with van der Waals surface area (Å²) in [6.07, 6.45) is 7.77. The minimum absolute atomic E-state index is 0.234. The van der Waals surface area contributed by atoms with Gasteiger partial charge in [0.2, 0.25) is 0 Å². The quantitative estimate of drug-likeness (QED) is 0.468. The molecular formula is C28H32N4O2. The topological polar surface area (TPSA) is 77.5 Å². The van der Waals surface area contributed by atoms with E-state index in [1.165, 1.54) is 5.56 Å². The molecule has 0 unspecified atom stereocenters. The molecule has 3 N–H and O–H groups in total. The number of aliphatic hydroxyl groups is 1. The highest BCUT2D eigenvalue weighted by Crippen LogP contribution is 2.26. The minimum Gasteiger partial charge on any atom is -0.389 e. The van der Waals surface area contributed by atoms with Crippen molar-refractivity contribution >= 4 is 23.9 Å². The number of likely N-dealkylation sites (tertiary alicyclic amines) is 1. The van der Waals surface area contributed by atoms with Crippen molar-refractivity contribution in [3.05, 3.63) is 95.8 Å². The summed E-state index contributed by atoms with van der Waals surface area (Å²) >= 11 is 0. The maximum absolute atomic E-state index is 12.3. The van der Waals surface area contributed by atoms with E-state index in [1.54, 1.807) is 12.3 Å². The van der Waals surface area contributed by atoms with Gasteiger partial charge in [-0.15, -0.1) is 0 Å². The van der Waals surface area contributed by atoms with Gasteiger partial charge in [0, 0.05) is 44.5 Å². The van der Waals surface area contributed by atoms with Gasteiger partial charge in [0.1, 0.15) is 0 Å². The van der Waals surface area contributed by atoms with Crippen LogP contribution in [0.15, 0.2) is 79.0 Å². The molecule has 6 nitrogen and oxygen atoms in total. The van der Waals surface area contributed by atoms with Gasteiger partial charge in [-0.1, -0.05) is 66.7 Å². The molecule has 6 heteroatoms. The second-order valence-corrected chi connectivity index (χ2v) is 8.82. The van der Waals surface area contributed by atoms with E-state index in [-0.39, 0.29) is 6.03 Å². The normalized spacial score (nSPS) is 15.8. The Kier molecular flexibility index (Phi) is 8.07. The van der Waals surface area contributed by atoms with E-state index in [4.69, 9.17) is 0 Å². The average molecular weight is 457 g/mol. The Morgan fingerprint density at radius 2 is 1.71 bits per heavy atom. The second-order valence-electron chi connectivity index (χ2n) is 8.82. The fourth-order valence-corrected chi connectivity index (χ4v) is 4.21. The van der Waals surface area contributed by atoms with Gasteiger partial charge in [-0.2, -0.15) is 0 Å². The van der Waals surface area contributed by atoms with E-state index in [9.17, 15) is 9.90 Å². The molecule has 0 spiro atoms. The van der Waals surface area contributed by atoms with Crippen LogP contribution in [0.1, 0.15) is 29.7 Å². The van der Waals surface area contributed by atoms with E-state index in [1.807, 2.05) is 66.7 Å². The summed E-state index contributed by atoms with van der Waals surface area (Å²) in [6, 6.07) is 23.6. The molecule has 0 saturated carbocycles. The number of aromatic nitrogens is 1. The molecule has 0 radical (unpaired) electrons. The van der Waals surface area contributed by atoms with Crippen LogP contribution in [0.25, 0.3) is 12.2 Å². The Hall–Kier alpha value is -3.48. The first-order valence-corrected chi connectivity index (χ1v) is 11.8. The molecule has 34 heavy (non-hydrogen) atoms. The van der Waals surface area contributed by atoms with Gasteiger partial charge in [-0.3, -0.25) is 4.98 Å². The minimum atomic E-state index is -0.642. The molecule has 3 aromatic rings. The second kappa shape index (κ2) is 11.6. The van der Waals surface area contributed by atoms with Gasteiger partial charge in [0.15, 0.2) is 0 Å². The highest BCUT2D eigenvalue weighted by Gasteiger charge is 2.32. The summed E-state index contributed by atoms with van der Waals surface area (Å²) < 4.78 is 0. The number of carbonyl (C=O) groups excluding carboxylic acids is 1. The fourth-order valence-electron chi connectivity index (χ4n) is 4.21. The summed E-state index contributed by atoms with van der Waals surface area (Å²) in [4.78, 5) is 19.0. The zero-order chi connectivity index (χ0) is 23.6. The lowest BCUT2D eigenvalue weighted by Gasteiger charge is -2.38. The Labute approximate surface area is 201 Å². The van der Waals surface area contributed by atoms with Crippen LogP contribution in [0, 0.1) is 0 Å². The number of piperidine rings is 1. The number of nitrogens with one attached hydrogen (secondary N) is 2. The molecule has 1 fully saturated rings. The van der Waals surface area contributed by atoms with Gasteiger partial charge in [-0.25, -0.2) is 4.79 Å². The largest absolute Gasteiger partial charge is 0.389 e. The first kappa shape index (κ1) is 23.7. The van der Waals surface area contributed by atoms with Crippen molar-refractivity contribution in [2.45, 2.75) is 24.9 Å². The molecule has 0 bridgehead atoms. The van der Waals surface area contributed by atoms with E-state index in [0.717, 1.165) is 43.7 Å². The number of nitrogens with zero attached hydrogens (tertiary/aromatic N) is 2. The smallest absolute Gasteiger partial charge is 0.319 e. The van der Waals surface area contributed by atoms with Gasteiger partial charge >= 0.3 is 6.03 Å². The molecule has 4 rings (SSSR count). The van der Waals surface area contributed by atoms with Crippen LogP contribution < -0.4 is 10.6 Å². The van der Waals surface area contributed by atoms with Gasteiger partial charge < -0.3 is 20.6 Å². The molecule has 1 aliphatic heterocycles. The van der Waals surface area contributed by atoms with E-state index in [0.29, 0.717) is 18.7 Å². The monoisotopic (exact) mass is 456 g/mol. The third kappa shape index (κ3) is 7.27. The number of urea groups is 1. The van der Waals surface area contributed by atoms with Crippen molar-refractivity contribution in [1.29, 1.82) is 0 Å². The Balaban J connectivity index is 1.18. The van der Waals surface area contributed by atoms with Gasteiger partial charge in [-0.05, 0) is 42.2 Å². The third-order valence-electron chi connectivity index (χ3n) is 6.16. The van der Waals surface area contributed by atoms with Crippen molar-refractivity contribution in [2.24, 2.45) is 0 Å². The Morgan fingerprint density at radius 1 is 1.00 bits per heavy atom. The standard InChI is InChI=1S/C28H32N4O2/c33-27(31-26-13-16-29-25(21-26)12-11-23-7-3-1-4-8-23)30-17-20-32-18-14-28(34,15-19-32)22-24-9-5-2-6-10-24/h1-13,16,21,34H,14-15,17-20,22H2,(H2,29,30,31,33). The van der Waals surface area contributed by atoms with Crippen molar-refractivity contribution in [1.82, 2.24) is 15.2 Å². The van der Waals surface area contributed by atoms with Crippen molar-refractivity contribution in [3.8, 4) is 0 Å². The number of hydrogen-bond acceptors (Lipinski definition) is 4. The summed E-state index contributed by atoms with van der Waals surface area (Å²) in [7, 11) is 0. The predicted molar refractivity (Wildman–Crippen MR) is 137 cm³/mol. The fraction of sp³-hybridized carbons (Fsp3) is 0.286. The lowest BCUT2D eigenvalue weighted by atomic mass is 9.85. The molecule has 0 aliphatic carbocycles. The Morgan fingerprint density at radius 3 is 2.44 bits per heavy atom. The van der Waals surface area contributed by atoms with Crippen molar-refractivity contribution in [2.75, 3.05) is 31.5 Å². The summed E-state index contributed by atoms with van der Waals surface area (Å²) in [5, 5.41) is 16.7. The molecule has 2 aromatic carbocycles. The van der Waals surface area contributed by atoms with Crippen LogP contribution in [0.2, 0.25) is 0 Å². The number of carbonyl (C=O) groups is 1. The van der Waals surface area contributed by atoms with Crippen LogP contribution in [-0.4, -0.2) is 52.8 Å². The molecule has 176 valence electrons. The summed E-state index contributed by atoms with van der Waals surface area (Å²) in [5.74, 6) is 0. The lowest BCUT2D eigenvalue weighted by molar-refractivity contribution is -0.0201. The number of rotatable bonds is 8. The molecular weight excluding hydrogens is 424 g/mol. The molecule has 2 amide bonds. The lowest BCUT2D eigenvalue weighted by Crippen LogP contribution is -2.47. The number of hydrogen-bond donors (Lipinski definition) is 3. The third-order valence-corrected chi connectivity index (χ3v) is 6.16. The molecule has 0 atom stereocenters. The van der Waals surface area contributed by atoms with Gasteiger partial charge in [0.05, 0.1) is 11.3 Å². The van der Waals surface area contributed by atoms with E-state index in [2.05, 4.69) is 32.7 Å². The zero-order valence-corrected chi connectivity index (χ0v) is 19.4. The van der Waals surface area contributed by atoms with Crippen molar-refractivity contribution in [3.63, 3.8) is 0 Å². The van der Waals surface area contributed by atoms with Crippen LogP contribution in [0.3, 0.4) is 0 Å². The highest BCUT2D eigenvalue weighted by molar-refractivity contribution is 5.89. The van der Waals surface area contributed by atoms with E-state index >= 15 is 0 Å². The van der Waals surface area contributed by atoms with Crippen molar-refractivity contribution < 1.29 is 9.90 Å². The zero-order valence-electron chi connectivity index (χ0n) is 19.4. The van der Waals surface area contributed by atoms with Crippen LogP contribution >= 0.6 is 0 Å². The first-order valence-electron chi connectivity index (χ1n) is 11.8. The molecule has 2 heterocycles. The highest BCUT2D eigenvalue weighted by atomic mass is 16.3.